The number of amides is 2. The van der Waals surface area contributed by atoms with Gasteiger partial charge in [0.05, 0.1) is 26.1 Å². The molecule has 0 saturated carbocycles. The van der Waals surface area contributed by atoms with E-state index in [1.54, 1.807) is 6.07 Å². The highest BCUT2D eigenvalue weighted by molar-refractivity contribution is 5.77. The molecule has 1 aliphatic rings. The van der Waals surface area contributed by atoms with Crippen LogP contribution in [0, 0.1) is 5.92 Å². The summed E-state index contributed by atoms with van der Waals surface area (Å²) in [5.74, 6) is -0.549. The van der Waals surface area contributed by atoms with Crippen LogP contribution >= 0.6 is 0 Å². The molecule has 1 heterocycles. The molecule has 9 heteroatoms. The van der Waals surface area contributed by atoms with Crippen molar-refractivity contribution in [3.05, 3.63) is 23.8 Å². The molecule has 2 atom stereocenters. The number of alkyl halides is 2. The Morgan fingerprint density at radius 3 is 2.81 bits per heavy atom. The quantitative estimate of drug-likeness (QED) is 0.584. The second-order valence-electron chi connectivity index (χ2n) is 6.26. The van der Waals surface area contributed by atoms with Crippen LogP contribution in [-0.4, -0.2) is 45.2 Å². The predicted octanol–water partition coefficient (Wildman–Crippen LogP) is -0.307. The summed E-state index contributed by atoms with van der Waals surface area (Å²) in [7, 11) is 1.35. The van der Waals surface area contributed by atoms with Gasteiger partial charge >= 0.3 is 6.61 Å². The minimum atomic E-state index is -2.94. The van der Waals surface area contributed by atoms with E-state index in [0.29, 0.717) is 12.1 Å². The van der Waals surface area contributed by atoms with Crippen molar-refractivity contribution in [1.82, 2.24) is 5.32 Å². The molecule has 1 aromatic rings. The molecule has 1 aromatic carbocycles. The minimum Gasteiger partial charge on any atom is -0.493 e. The molecule has 144 valence electrons. The molecule has 4 N–H and O–H groups in total. The van der Waals surface area contributed by atoms with Crippen LogP contribution in [0.1, 0.15) is 18.4 Å². The van der Waals surface area contributed by atoms with Gasteiger partial charge in [-0.1, -0.05) is 6.07 Å². The number of hydrogen-bond donors (Lipinski definition) is 3. The first-order chi connectivity index (χ1) is 12.4. The van der Waals surface area contributed by atoms with Crippen LogP contribution in [0.4, 0.5) is 8.78 Å². The van der Waals surface area contributed by atoms with Gasteiger partial charge in [-0.25, -0.2) is 0 Å². The van der Waals surface area contributed by atoms with Crippen molar-refractivity contribution in [2.45, 2.75) is 26.0 Å². The van der Waals surface area contributed by atoms with Crippen LogP contribution in [0.2, 0.25) is 0 Å². The number of likely N-dealkylation sites (tertiary alicyclic amines) is 1. The van der Waals surface area contributed by atoms with Crippen LogP contribution in [0.3, 0.4) is 0 Å². The Morgan fingerprint density at radius 1 is 1.38 bits per heavy atom. The summed E-state index contributed by atoms with van der Waals surface area (Å²) in [4.78, 5) is 24.4. The largest absolute Gasteiger partial charge is 0.493 e. The summed E-state index contributed by atoms with van der Waals surface area (Å²) in [6, 6.07) is 4.49. The average molecular weight is 372 g/mol. The molecule has 1 aliphatic heterocycles. The molecule has 0 spiro atoms. The lowest BCUT2D eigenvalue weighted by molar-refractivity contribution is -0.899. The van der Waals surface area contributed by atoms with E-state index >= 15 is 0 Å². The smallest absolute Gasteiger partial charge is 0.387 e. The number of halogens is 2. The zero-order valence-electron chi connectivity index (χ0n) is 14.6. The van der Waals surface area contributed by atoms with E-state index in [1.807, 2.05) is 0 Å². The second-order valence-corrected chi connectivity index (χ2v) is 6.26. The Balaban J connectivity index is 1.86. The number of carbonyl (C=O) groups is 2. The number of piperidine rings is 1. The van der Waals surface area contributed by atoms with E-state index in [9.17, 15) is 18.4 Å². The van der Waals surface area contributed by atoms with Crippen molar-refractivity contribution in [3.8, 4) is 11.5 Å². The summed E-state index contributed by atoms with van der Waals surface area (Å²) in [6.45, 7) is -1.06. The number of hydrogen-bond acceptors (Lipinski definition) is 4. The number of ether oxygens (including phenoxy) is 2. The standard InChI is InChI=1S/C17H23F2N3O4/c1-25-14-7-11(4-5-13(14)26-17(18)19)8-21-15(23)10-22-6-2-3-12(9-22)16(20)24/h4-5,7,12,17H,2-3,6,8-10H2,1H3,(H2,20,24)(H,21,23)/p+1/t12-/m0/s1. The van der Waals surface area contributed by atoms with Crippen molar-refractivity contribution >= 4 is 11.8 Å². The third-order valence-electron chi connectivity index (χ3n) is 4.36. The normalized spacial score (nSPS) is 19.8. The summed E-state index contributed by atoms with van der Waals surface area (Å²) in [5.41, 5.74) is 6.04. The van der Waals surface area contributed by atoms with Crippen molar-refractivity contribution in [3.63, 3.8) is 0 Å². The molecule has 1 fully saturated rings. The highest BCUT2D eigenvalue weighted by Gasteiger charge is 2.28. The van der Waals surface area contributed by atoms with Crippen molar-refractivity contribution in [1.29, 1.82) is 0 Å². The van der Waals surface area contributed by atoms with Crippen LogP contribution in [0.5, 0.6) is 11.5 Å². The van der Waals surface area contributed by atoms with E-state index in [1.165, 1.54) is 19.2 Å². The Morgan fingerprint density at radius 2 is 2.15 bits per heavy atom. The van der Waals surface area contributed by atoms with Crippen LogP contribution in [-0.2, 0) is 16.1 Å². The first kappa shape index (κ1) is 19.9. The molecule has 2 rings (SSSR count). The molecular formula is C17H24F2N3O4+. The van der Waals surface area contributed by atoms with Gasteiger partial charge in [-0.05, 0) is 30.5 Å². The molecule has 0 aliphatic carbocycles. The van der Waals surface area contributed by atoms with E-state index in [4.69, 9.17) is 10.5 Å². The fourth-order valence-corrected chi connectivity index (χ4v) is 3.06. The number of rotatable bonds is 8. The van der Waals surface area contributed by atoms with Gasteiger partial charge in [-0.15, -0.1) is 0 Å². The summed E-state index contributed by atoms with van der Waals surface area (Å²) in [5, 5.41) is 2.78. The molecule has 0 aromatic heterocycles. The maximum absolute atomic E-state index is 12.3. The summed E-state index contributed by atoms with van der Waals surface area (Å²) < 4.78 is 34.0. The first-order valence-electron chi connectivity index (χ1n) is 8.40. The molecule has 2 amide bonds. The molecule has 1 unspecified atom stereocenters. The van der Waals surface area contributed by atoms with E-state index in [2.05, 4.69) is 10.1 Å². The van der Waals surface area contributed by atoms with E-state index in [-0.39, 0.29) is 42.3 Å². The fraction of sp³-hybridized carbons (Fsp3) is 0.529. The Bertz CT molecular complexity index is 642. The lowest BCUT2D eigenvalue weighted by Crippen LogP contribution is -3.14. The maximum Gasteiger partial charge on any atom is 0.387 e. The summed E-state index contributed by atoms with van der Waals surface area (Å²) >= 11 is 0. The Hall–Kier alpha value is -2.42. The number of nitrogens with one attached hydrogen (secondary N) is 2. The van der Waals surface area contributed by atoms with Crippen LogP contribution in [0.25, 0.3) is 0 Å². The second kappa shape index (κ2) is 9.33. The molecule has 1 saturated heterocycles. The van der Waals surface area contributed by atoms with E-state index < -0.39 is 6.61 Å². The van der Waals surface area contributed by atoms with Gasteiger partial charge in [0.1, 0.15) is 0 Å². The van der Waals surface area contributed by atoms with Gasteiger partial charge < -0.3 is 25.4 Å². The number of carbonyl (C=O) groups excluding carboxylic acids is 2. The molecule has 7 nitrogen and oxygen atoms in total. The molecule has 0 radical (unpaired) electrons. The van der Waals surface area contributed by atoms with Gasteiger partial charge in [0.15, 0.2) is 18.0 Å². The fourth-order valence-electron chi connectivity index (χ4n) is 3.06. The number of nitrogens with two attached hydrogens (primary N) is 1. The summed E-state index contributed by atoms with van der Waals surface area (Å²) in [6.07, 6.45) is 1.63. The number of benzene rings is 1. The van der Waals surface area contributed by atoms with Gasteiger partial charge in [0.25, 0.3) is 5.91 Å². The molecule has 26 heavy (non-hydrogen) atoms. The monoisotopic (exact) mass is 372 g/mol. The molecular weight excluding hydrogens is 348 g/mol. The first-order valence-corrected chi connectivity index (χ1v) is 8.40. The third-order valence-corrected chi connectivity index (χ3v) is 4.36. The van der Waals surface area contributed by atoms with Crippen molar-refractivity contribution < 1.29 is 32.7 Å². The average Bonchev–Trinajstić information content (AvgIpc) is 2.60. The number of methoxy groups -OCH3 is 1. The third kappa shape index (κ3) is 5.83. The highest BCUT2D eigenvalue weighted by atomic mass is 19.3. The zero-order valence-corrected chi connectivity index (χ0v) is 14.6. The van der Waals surface area contributed by atoms with Gasteiger partial charge in [0.2, 0.25) is 5.91 Å². The lowest BCUT2D eigenvalue weighted by Gasteiger charge is -2.27. The van der Waals surface area contributed by atoms with Gasteiger partial charge in [-0.3, -0.25) is 9.59 Å². The maximum atomic E-state index is 12.3. The lowest BCUT2D eigenvalue weighted by atomic mass is 9.97. The van der Waals surface area contributed by atoms with Gasteiger partial charge in [0, 0.05) is 6.54 Å². The minimum absolute atomic E-state index is 0.0622. The Labute approximate surface area is 150 Å². The number of quaternary nitrogens is 1. The van der Waals surface area contributed by atoms with Crippen LogP contribution < -0.4 is 25.4 Å². The van der Waals surface area contributed by atoms with Gasteiger partial charge in [-0.2, -0.15) is 8.78 Å². The van der Waals surface area contributed by atoms with E-state index in [0.717, 1.165) is 24.3 Å². The SMILES string of the molecule is COc1cc(CNC(=O)C[NH+]2CCC[C@H](C(N)=O)C2)ccc1OC(F)F. The molecule has 0 bridgehead atoms. The van der Waals surface area contributed by atoms with Crippen molar-refractivity contribution in [2.24, 2.45) is 11.7 Å². The van der Waals surface area contributed by atoms with Crippen LogP contribution in [0.15, 0.2) is 18.2 Å². The van der Waals surface area contributed by atoms with Crippen molar-refractivity contribution in [2.75, 3.05) is 26.7 Å². The number of primary amides is 1. The zero-order chi connectivity index (χ0) is 19.1. The predicted molar refractivity (Wildman–Crippen MR) is 89.0 cm³/mol. The topological polar surface area (TPSA) is 95.1 Å². The Kier molecular flexibility index (Phi) is 7.14. The highest BCUT2D eigenvalue weighted by Crippen LogP contribution is 2.29.